The lowest BCUT2D eigenvalue weighted by atomic mass is 10.1. The molecule has 0 atom stereocenters. The van der Waals surface area contributed by atoms with E-state index < -0.39 is 26.2 Å². The van der Waals surface area contributed by atoms with Crippen molar-refractivity contribution in [1.82, 2.24) is 19.8 Å². The van der Waals surface area contributed by atoms with Crippen LogP contribution in [0, 0.1) is 16.1 Å². The summed E-state index contributed by atoms with van der Waals surface area (Å²) in [5, 5.41) is 26.2. The fourth-order valence-corrected chi connectivity index (χ4v) is 6.97. The first-order chi connectivity index (χ1) is 26.2. The molecule has 5 heterocycles. The molecule has 0 spiro atoms. The van der Waals surface area contributed by atoms with E-state index in [9.17, 15) is 32.7 Å². The number of benzene rings is 2. The zero-order chi connectivity index (χ0) is 39.8. The molecule has 0 bridgehead atoms. The average Bonchev–Trinajstić information content (AvgIpc) is 3.62. The number of nitriles is 1. The highest BCUT2D eigenvalue weighted by Crippen LogP contribution is 2.25. The van der Waals surface area contributed by atoms with E-state index in [4.69, 9.17) is 17.5 Å². The van der Waals surface area contributed by atoms with E-state index in [-0.39, 0.29) is 41.1 Å². The van der Waals surface area contributed by atoms with E-state index in [1.165, 1.54) is 15.2 Å². The number of aromatic nitrogens is 4. The maximum atomic E-state index is 12.2. The fourth-order valence-electron chi connectivity index (χ4n) is 6.05. The molecule has 16 heteroatoms. The number of fused-ring (bicyclic) bond motifs is 2. The van der Waals surface area contributed by atoms with Gasteiger partial charge in [0.1, 0.15) is 11.0 Å². The lowest BCUT2D eigenvalue weighted by molar-refractivity contribution is -0.596. The Bertz CT molecular complexity index is 2660. The number of carbonyl (C=O) groups excluding carboxylic acids is 3. The highest BCUT2D eigenvalue weighted by atomic mass is 32.2. The Hall–Kier alpha value is -6.83. The minimum Gasteiger partial charge on any atom is -0.859 e. The van der Waals surface area contributed by atoms with Gasteiger partial charge in [0, 0.05) is 84.7 Å². The average molecular weight is 775 g/mol. The van der Waals surface area contributed by atoms with Gasteiger partial charge in [0.25, 0.3) is 23.3 Å². The topological polar surface area (TPSA) is 191 Å². The number of imide groups is 1. The summed E-state index contributed by atoms with van der Waals surface area (Å²) in [7, 11) is -3.82. The van der Waals surface area contributed by atoms with Crippen molar-refractivity contribution in [1.29, 1.82) is 5.26 Å². The summed E-state index contributed by atoms with van der Waals surface area (Å²) in [6.07, 6.45) is 9.43. The van der Waals surface area contributed by atoms with Gasteiger partial charge in [0.05, 0.1) is 16.7 Å². The molecule has 0 unspecified atom stereocenters. The minimum absolute atomic E-state index is 0.0741. The number of carbonyl (C=O) groups is 3. The SMILES string of the molecule is C=C1NC(=O)c2ccc(-[n+]3ccc(-c4cc[n+](-c5ccc6c(c5)C(=O)NC6=O)cc4)cc3)cc21.CCn1c([O-])c(C=C(C#N)S(C)(=O)=O)c(=O)n(CC)c1=S. The monoisotopic (exact) mass is 774 g/mol. The number of sulfone groups is 1. The van der Waals surface area contributed by atoms with Crippen molar-refractivity contribution in [3.05, 3.63) is 140 Å². The molecule has 0 fully saturated rings. The van der Waals surface area contributed by atoms with Crippen LogP contribution in [0.2, 0.25) is 0 Å². The molecule has 3 amide bonds. The molecule has 3 aromatic heterocycles. The van der Waals surface area contributed by atoms with Gasteiger partial charge >= 0.3 is 0 Å². The standard InChI is InChI=1S/C27H16N4O3.C12H15N3O4S2/c1-16-23-14-19(2-4-21(23)25(32)28-16)30-10-6-17(7-11-30)18-8-12-31(13-9-18)20-3-5-22-24(15-20)27(34)29-26(22)33;1-4-14-10(16)9(6-8(7-13)21(3,18)19)11(17)15(5-2)12(14)20/h2-15H,1H2;6,16H,4-5H2,1-3H3/p+1. The summed E-state index contributed by atoms with van der Waals surface area (Å²) < 4.78 is 29.2. The Balaban J connectivity index is 0.000000212. The number of rotatable bonds is 7. The molecule has 2 aliphatic rings. The molecular weight excluding hydrogens is 743 g/mol. The first-order valence-corrected chi connectivity index (χ1v) is 19.0. The quantitative estimate of drug-likeness (QED) is 0.108. The van der Waals surface area contributed by atoms with E-state index in [0.29, 0.717) is 22.4 Å². The first-order valence-electron chi connectivity index (χ1n) is 16.7. The molecule has 2 aromatic carbocycles. The Morgan fingerprint density at radius 2 is 1.27 bits per heavy atom. The Labute approximate surface area is 320 Å². The van der Waals surface area contributed by atoms with Gasteiger partial charge in [-0.15, -0.1) is 0 Å². The number of nitrogens with zero attached hydrogens (tertiary/aromatic N) is 5. The van der Waals surface area contributed by atoms with E-state index in [1.807, 2.05) is 82.5 Å². The predicted molar refractivity (Wildman–Crippen MR) is 202 cm³/mol. The summed E-state index contributed by atoms with van der Waals surface area (Å²) in [4.78, 5) is 47.2. The third-order valence-corrected chi connectivity index (χ3v) is 10.4. The molecule has 2 N–H and O–H groups in total. The Morgan fingerprint density at radius 1 is 0.800 bits per heavy atom. The highest BCUT2D eigenvalue weighted by Gasteiger charge is 2.28. The van der Waals surface area contributed by atoms with Gasteiger partial charge in [-0.1, -0.05) is 6.58 Å². The summed E-state index contributed by atoms with van der Waals surface area (Å²) >= 11 is 5.06. The van der Waals surface area contributed by atoms with Crippen LogP contribution in [0.15, 0.2) is 102 Å². The van der Waals surface area contributed by atoms with E-state index in [0.717, 1.165) is 40.4 Å². The highest BCUT2D eigenvalue weighted by molar-refractivity contribution is 7.95. The van der Waals surface area contributed by atoms with Crippen LogP contribution in [-0.4, -0.2) is 41.5 Å². The van der Waals surface area contributed by atoms with Crippen LogP contribution >= 0.6 is 12.2 Å². The number of amides is 3. The van der Waals surface area contributed by atoms with Gasteiger partial charge in [-0.25, -0.2) is 8.42 Å². The van der Waals surface area contributed by atoms with Crippen LogP contribution < -0.4 is 30.4 Å². The van der Waals surface area contributed by atoms with Crippen LogP contribution in [0.3, 0.4) is 0 Å². The van der Waals surface area contributed by atoms with Crippen molar-refractivity contribution in [2.24, 2.45) is 0 Å². The molecule has 0 saturated carbocycles. The molecule has 7 rings (SSSR count). The molecule has 14 nitrogen and oxygen atoms in total. The van der Waals surface area contributed by atoms with Gasteiger partial charge < -0.3 is 15.0 Å². The van der Waals surface area contributed by atoms with Crippen molar-refractivity contribution in [2.75, 3.05) is 6.26 Å². The molecule has 0 radical (unpaired) electrons. The van der Waals surface area contributed by atoms with Crippen molar-refractivity contribution in [3.63, 3.8) is 0 Å². The Morgan fingerprint density at radius 3 is 1.76 bits per heavy atom. The van der Waals surface area contributed by atoms with Crippen molar-refractivity contribution in [3.8, 4) is 34.5 Å². The van der Waals surface area contributed by atoms with Gasteiger partial charge in [0.2, 0.25) is 11.4 Å². The van der Waals surface area contributed by atoms with Crippen molar-refractivity contribution >= 4 is 51.5 Å². The van der Waals surface area contributed by atoms with Crippen LogP contribution in [-0.2, 0) is 22.9 Å². The van der Waals surface area contributed by atoms with E-state index in [2.05, 4.69) is 17.2 Å². The smallest absolute Gasteiger partial charge is 0.260 e. The molecule has 276 valence electrons. The zero-order valence-corrected chi connectivity index (χ0v) is 31.3. The van der Waals surface area contributed by atoms with E-state index >= 15 is 0 Å². The second kappa shape index (κ2) is 14.9. The summed E-state index contributed by atoms with van der Waals surface area (Å²) in [6.45, 7) is 7.74. The maximum Gasteiger partial charge on any atom is 0.260 e. The summed E-state index contributed by atoms with van der Waals surface area (Å²) in [6, 6.07) is 20.4. The summed E-state index contributed by atoms with van der Waals surface area (Å²) in [5.74, 6) is -1.55. The van der Waals surface area contributed by atoms with Gasteiger partial charge in [0.15, 0.2) is 39.4 Å². The lowest BCUT2D eigenvalue weighted by Crippen LogP contribution is -2.30. The number of allylic oxidation sites excluding steroid dienone is 1. The van der Waals surface area contributed by atoms with Gasteiger partial charge in [-0.3, -0.25) is 29.1 Å². The zero-order valence-electron chi connectivity index (χ0n) is 29.7. The third-order valence-electron chi connectivity index (χ3n) is 8.98. The predicted octanol–water partition coefficient (Wildman–Crippen LogP) is 2.91. The van der Waals surface area contributed by atoms with Crippen LogP contribution in [0.5, 0.6) is 5.88 Å². The number of hydrogen-bond donors (Lipinski definition) is 2. The number of pyridine rings is 2. The number of nitrogens with one attached hydrogen (secondary N) is 2. The Kier molecular flexibility index (Phi) is 10.3. The first kappa shape index (κ1) is 37.9. The van der Waals surface area contributed by atoms with Gasteiger partial charge in [-0.2, -0.15) is 14.4 Å². The second-order valence-electron chi connectivity index (χ2n) is 12.4. The molecule has 0 saturated heterocycles. The maximum absolute atomic E-state index is 12.2. The molecular formula is C39H32N7O7S2+. The molecule has 0 aliphatic carbocycles. The van der Waals surface area contributed by atoms with Crippen LogP contribution in [0.25, 0.3) is 34.3 Å². The largest absolute Gasteiger partial charge is 0.859 e. The van der Waals surface area contributed by atoms with Crippen LogP contribution in [0.4, 0.5) is 0 Å². The van der Waals surface area contributed by atoms with Crippen molar-refractivity contribution in [2.45, 2.75) is 26.9 Å². The molecule has 55 heavy (non-hydrogen) atoms. The third kappa shape index (κ3) is 7.26. The number of hydrogen-bond acceptors (Lipinski definition) is 9. The summed E-state index contributed by atoms with van der Waals surface area (Å²) in [5.41, 5.74) is 5.61. The van der Waals surface area contributed by atoms with Crippen molar-refractivity contribution < 1.29 is 37.0 Å². The van der Waals surface area contributed by atoms with Crippen LogP contribution in [0.1, 0.15) is 56.0 Å². The second-order valence-corrected chi connectivity index (χ2v) is 14.7. The fraction of sp³-hybridized carbons (Fsp3) is 0.128. The minimum atomic E-state index is -3.82. The normalized spacial score (nSPS) is 13.3. The molecule has 5 aromatic rings. The van der Waals surface area contributed by atoms with E-state index in [1.54, 1.807) is 26.0 Å². The lowest BCUT2D eigenvalue weighted by Gasteiger charge is -2.21. The molecule has 2 aliphatic heterocycles. The van der Waals surface area contributed by atoms with Gasteiger partial charge in [-0.05, 0) is 61.3 Å².